The molecule has 0 amide bonds. The van der Waals surface area contributed by atoms with Crippen molar-refractivity contribution in [2.45, 2.75) is 38.0 Å². The van der Waals surface area contributed by atoms with Crippen molar-refractivity contribution >= 4 is 23.4 Å². The lowest BCUT2D eigenvalue weighted by molar-refractivity contribution is 0.437. The second kappa shape index (κ2) is 8.47. The van der Waals surface area contributed by atoms with Gasteiger partial charge in [-0.25, -0.2) is 0 Å². The second-order valence-electron chi connectivity index (χ2n) is 4.76. The summed E-state index contributed by atoms with van der Waals surface area (Å²) < 4.78 is 0. The third-order valence-corrected chi connectivity index (χ3v) is 4.35. The lowest BCUT2D eigenvalue weighted by Crippen LogP contribution is -2.41. The Hall–Kier alpha value is -0.690. The van der Waals surface area contributed by atoms with E-state index in [2.05, 4.69) is 18.3 Å². The Morgan fingerprint density at radius 2 is 2.16 bits per heavy atom. The number of benzene rings is 1. The van der Waals surface area contributed by atoms with Crippen molar-refractivity contribution in [1.29, 1.82) is 5.26 Å². The molecule has 1 atom stereocenters. The summed E-state index contributed by atoms with van der Waals surface area (Å²) in [5.41, 5.74) is 0.748. The average molecular weight is 297 g/mol. The fourth-order valence-corrected chi connectivity index (χ4v) is 3.11. The highest BCUT2D eigenvalue weighted by atomic mass is 35.5. The standard InChI is InChI=1S/C15H21ClN2S/c1-3-9-18-15(2,12-17)8-10-19-11-13-6-4-5-7-14(13)16/h4-7,18H,3,8-11H2,1-2H3. The Morgan fingerprint density at radius 1 is 1.42 bits per heavy atom. The monoisotopic (exact) mass is 296 g/mol. The minimum Gasteiger partial charge on any atom is -0.300 e. The largest absolute Gasteiger partial charge is 0.300 e. The summed E-state index contributed by atoms with van der Waals surface area (Å²) >= 11 is 7.93. The fraction of sp³-hybridized carbons (Fsp3) is 0.533. The molecule has 19 heavy (non-hydrogen) atoms. The van der Waals surface area contributed by atoms with Gasteiger partial charge in [-0.3, -0.25) is 5.32 Å². The number of halogens is 1. The Morgan fingerprint density at radius 3 is 2.79 bits per heavy atom. The Balaban J connectivity index is 2.34. The Bertz CT molecular complexity index is 430. The zero-order valence-electron chi connectivity index (χ0n) is 11.6. The molecule has 104 valence electrons. The highest BCUT2D eigenvalue weighted by Crippen LogP contribution is 2.22. The maximum Gasteiger partial charge on any atom is 0.104 e. The molecule has 0 aliphatic rings. The molecule has 1 rings (SSSR count). The highest BCUT2D eigenvalue weighted by molar-refractivity contribution is 7.98. The molecule has 0 radical (unpaired) electrons. The van der Waals surface area contributed by atoms with Gasteiger partial charge in [-0.1, -0.05) is 36.7 Å². The number of nitriles is 1. The summed E-state index contributed by atoms with van der Waals surface area (Å²) in [6, 6.07) is 10.3. The van der Waals surface area contributed by atoms with Crippen LogP contribution in [0.25, 0.3) is 0 Å². The van der Waals surface area contributed by atoms with E-state index in [4.69, 9.17) is 11.6 Å². The van der Waals surface area contributed by atoms with Gasteiger partial charge in [-0.05, 0) is 43.7 Å². The molecule has 4 heteroatoms. The van der Waals surface area contributed by atoms with Crippen molar-refractivity contribution < 1.29 is 0 Å². The summed E-state index contributed by atoms with van der Waals surface area (Å²) in [7, 11) is 0. The molecule has 0 aromatic heterocycles. The van der Waals surface area contributed by atoms with E-state index in [1.54, 1.807) is 0 Å². The predicted molar refractivity (Wildman–Crippen MR) is 84.5 cm³/mol. The Labute approximate surface area is 125 Å². The van der Waals surface area contributed by atoms with E-state index in [0.717, 1.165) is 41.5 Å². The van der Waals surface area contributed by atoms with Crippen LogP contribution in [0.1, 0.15) is 32.3 Å². The van der Waals surface area contributed by atoms with Crippen LogP contribution < -0.4 is 5.32 Å². The molecule has 0 fully saturated rings. The summed E-state index contributed by atoms with van der Waals surface area (Å²) in [5.74, 6) is 1.85. The third kappa shape index (κ3) is 5.86. The smallest absolute Gasteiger partial charge is 0.104 e. The van der Waals surface area contributed by atoms with Crippen LogP contribution in [-0.2, 0) is 5.75 Å². The third-order valence-electron chi connectivity index (χ3n) is 2.97. The van der Waals surface area contributed by atoms with E-state index >= 15 is 0 Å². The highest BCUT2D eigenvalue weighted by Gasteiger charge is 2.21. The SMILES string of the molecule is CCCNC(C)(C#N)CCSCc1ccccc1Cl. The van der Waals surface area contributed by atoms with Crippen LogP contribution in [0, 0.1) is 11.3 Å². The molecule has 0 saturated carbocycles. The first kappa shape index (κ1) is 16.4. The molecular formula is C15H21ClN2S. The number of rotatable bonds is 8. The zero-order valence-corrected chi connectivity index (χ0v) is 13.2. The molecular weight excluding hydrogens is 276 g/mol. The van der Waals surface area contributed by atoms with Crippen molar-refractivity contribution in [3.05, 3.63) is 34.9 Å². The van der Waals surface area contributed by atoms with Crippen LogP contribution in [0.2, 0.25) is 5.02 Å². The van der Waals surface area contributed by atoms with Crippen LogP contribution in [0.15, 0.2) is 24.3 Å². The molecule has 0 spiro atoms. The van der Waals surface area contributed by atoms with Gasteiger partial charge >= 0.3 is 0 Å². The van der Waals surface area contributed by atoms with Crippen LogP contribution in [0.4, 0.5) is 0 Å². The lowest BCUT2D eigenvalue weighted by Gasteiger charge is -2.22. The van der Waals surface area contributed by atoms with Gasteiger partial charge in [0.1, 0.15) is 5.54 Å². The first-order chi connectivity index (χ1) is 9.11. The second-order valence-corrected chi connectivity index (χ2v) is 6.28. The van der Waals surface area contributed by atoms with Gasteiger partial charge < -0.3 is 0 Å². The normalized spacial score (nSPS) is 13.8. The molecule has 0 heterocycles. The van der Waals surface area contributed by atoms with Crippen LogP contribution in [0.3, 0.4) is 0 Å². The van der Waals surface area contributed by atoms with E-state index in [1.165, 1.54) is 0 Å². The quantitative estimate of drug-likeness (QED) is 0.729. The molecule has 0 aliphatic heterocycles. The fourth-order valence-electron chi connectivity index (χ4n) is 1.66. The maximum absolute atomic E-state index is 9.23. The van der Waals surface area contributed by atoms with Gasteiger partial charge in [0.25, 0.3) is 0 Å². The molecule has 0 saturated heterocycles. The van der Waals surface area contributed by atoms with Crippen molar-refractivity contribution in [1.82, 2.24) is 5.32 Å². The first-order valence-corrected chi connectivity index (χ1v) is 8.12. The molecule has 0 bridgehead atoms. The summed E-state index contributed by atoms with van der Waals surface area (Å²) in [6.45, 7) is 4.97. The molecule has 2 nitrogen and oxygen atoms in total. The number of thioether (sulfide) groups is 1. The minimum absolute atomic E-state index is 0.413. The first-order valence-electron chi connectivity index (χ1n) is 6.59. The van der Waals surface area contributed by atoms with Crippen LogP contribution >= 0.6 is 23.4 Å². The topological polar surface area (TPSA) is 35.8 Å². The van der Waals surface area contributed by atoms with Gasteiger partial charge in [0.2, 0.25) is 0 Å². The van der Waals surface area contributed by atoms with Crippen molar-refractivity contribution in [2.24, 2.45) is 0 Å². The van der Waals surface area contributed by atoms with Crippen LogP contribution in [-0.4, -0.2) is 17.8 Å². The van der Waals surface area contributed by atoms with Crippen molar-refractivity contribution in [3.8, 4) is 6.07 Å². The lowest BCUT2D eigenvalue weighted by atomic mass is 10.0. The van der Waals surface area contributed by atoms with Gasteiger partial charge in [-0.2, -0.15) is 17.0 Å². The zero-order chi connectivity index (χ0) is 14.1. The van der Waals surface area contributed by atoms with E-state index in [9.17, 15) is 5.26 Å². The summed E-state index contributed by atoms with van der Waals surface area (Å²) in [4.78, 5) is 0. The van der Waals surface area contributed by atoms with E-state index in [1.807, 2.05) is 43.0 Å². The van der Waals surface area contributed by atoms with Crippen LogP contribution in [0.5, 0.6) is 0 Å². The van der Waals surface area contributed by atoms with E-state index < -0.39 is 5.54 Å². The molecule has 0 aliphatic carbocycles. The number of nitrogens with one attached hydrogen (secondary N) is 1. The average Bonchev–Trinajstić information content (AvgIpc) is 2.43. The van der Waals surface area contributed by atoms with Gasteiger partial charge in [0.05, 0.1) is 6.07 Å². The minimum atomic E-state index is -0.413. The van der Waals surface area contributed by atoms with E-state index in [0.29, 0.717) is 0 Å². The summed E-state index contributed by atoms with van der Waals surface area (Å²) in [5, 5.41) is 13.4. The van der Waals surface area contributed by atoms with Crippen molar-refractivity contribution in [3.63, 3.8) is 0 Å². The predicted octanol–water partition coefficient (Wildman–Crippen LogP) is 4.25. The number of hydrogen-bond donors (Lipinski definition) is 1. The number of nitrogens with zero attached hydrogens (tertiary/aromatic N) is 1. The van der Waals surface area contributed by atoms with Crippen molar-refractivity contribution in [2.75, 3.05) is 12.3 Å². The summed E-state index contributed by atoms with van der Waals surface area (Å²) in [6.07, 6.45) is 1.89. The molecule has 1 aromatic carbocycles. The van der Waals surface area contributed by atoms with E-state index in [-0.39, 0.29) is 0 Å². The molecule has 1 aromatic rings. The number of hydrogen-bond acceptors (Lipinski definition) is 3. The molecule has 1 N–H and O–H groups in total. The molecule has 1 unspecified atom stereocenters. The van der Waals surface area contributed by atoms with Gasteiger partial charge in [-0.15, -0.1) is 0 Å². The van der Waals surface area contributed by atoms with Gasteiger partial charge in [0, 0.05) is 10.8 Å². The van der Waals surface area contributed by atoms with Gasteiger partial charge in [0.15, 0.2) is 0 Å². The Kier molecular flexibility index (Phi) is 7.30. The maximum atomic E-state index is 9.23.